The van der Waals surface area contributed by atoms with Crippen LogP contribution in [0.3, 0.4) is 0 Å². The number of hydrogen-bond acceptors (Lipinski definition) is 3. The number of hydrogen-bond donors (Lipinski definition) is 1. The first-order chi connectivity index (χ1) is 9.33. The topological polar surface area (TPSA) is 24.5 Å². The molecule has 1 aliphatic heterocycles. The Morgan fingerprint density at radius 3 is 2.74 bits per heavy atom. The van der Waals surface area contributed by atoms with E-state index >= 15 is 0 Å². The molecule has 1 aliphatic carbocycles. The Balaban J connectivity index is 1.72. The summed E-state index contributed by atoms with van der Waals surface area (Å²) in [7, 11) is 0. The zero-order valence-corrected chi connectivity index (χ0v) is 12.9. The standard InChI is InChI=1S/C16H32N2O/c1-3-18(11-12-19-4-2)13-15-10-9-14-7-5-6-8-16(14)17-15/h14-17H,3-13H2,1-2H3. The molecule has 1 N–H and O–H groups in total. The lowest BCUT2D eigenvalue weighted by Crippen LogP contribution is -2.53. The van der Waals surface area contributed by atoms with Crippen LogP contribution in [-0.2, 0) is 4.74 Å². The fourth-order valence-electron chi connectivity index (χ4n) is 3.75. The van der Waals surface area contributed by atoms with E-state index in [4.69, 9.17) is 4.74 Å². The van der Waals surface area contributed by atoms with E-state index in [1.807, 2.05) is 0 Å². The van der Waals surface area contributed by atoms with E-state index in [2.05, 4.69) is 24.1 Å². The van der Waals surface area contributed by atoms with Gasteiger partial charge in [-0.2, -0.15) is 0 Å². The molecule has 19 heavy (non-hydrogen) atoms. The number of nitrogens with one attached hydrogen (secondary N) is 1. The molecule has 0 radical (unpaired) electrons. The SMILES string of the molecule is CCOCCN(CC)CC1CCC2CCCCC2N1. The molecule has 0 spiro atoms. The Bertz CT molecular complexity index is 247. The van der Waals surface area contributed by atoms with Crippen molar-refractivity contribution in [1.82, 2.24) is 10.2 Å². The fourth-order valence-corrected chi connectivity index (χ4v) is 3.75. The zero-order chi connectivity index (χ0) is 13.5. The zero-order valence-electron chi connectivity index (χ0n) is 12.9. The molecule has 3 unspecified atom stereocenters. The number of rotatable bonds is 7. The predicted octanol–water partition coefficient (Wildman–Crippen LogP) is 2.66. The molecule has 1 saturated carbocycles. The predicted molar refractivity (Wildman–Crippen MR) is 80.5 cm³/mol. The van der Waals surface area contributed by atoms with E-state index in [0.717, 1.165) is 38.3 Å². The summed E-state index contributed by atoms with van der Waals surface area (Å²) in [6.07, 6.45) is 8.59. The van der Waals surface area contributed by atoms with E-state index in [9.17, 15) is 0 Å². The summed E-state index contributed by atoms with van der Waals surface area (Å²) in [5.74, 6) is 0.975. The summed E-state index contributed by atoms with van der Waals surface area (Å²) >= 11 is 0. The van der Waals surface area contributed by atoms with Crippen molar-refractivity contribution in [2.24, 2.45) is 5.92 Å². The Morgan fingerprint density at radius 1 is 1.11 bits per heavy atom. The Morgan fingerprint density at radius 2 is 1.95 bits per heavy atom. The third kappa shape index (κ3) is 4.73. The van der Waals surface area contributed by atoms with E-state index in [-0.39, 0.29) is 0 Å². The molecule has 2 aliphatic rings. The summed E-state index contributed by atoms with van der Waals surface area (Å²) in [4.78, 5) is 2.54. The second-order valence-electron chi connectivity index (χ2n) is 6.18. The van der Waals surface area contributed by atoms with Crippen molar-refractivity contribution < 1.29 is 4.74 Å². The van der Waals surface area contributed by atoms with Crippen LogP contribution in [-0.4, -0.2) is 49.8 Å². The fraction of sp³-hybridized carbons (Fsp3) is 1.00. The van der Waals surface area contributed by atoms with Gasteiger partial charge in [-0.15, -0.1) is 0 Å². The molecular formula is C16H32N2O. The van der Waals surface area contributed by atoms with E-state index in [0.29, 0.717) is 6.04 Å². The molecule has 0 aromatic rings. The minimum Gasteiger partial charge on any atom is -0.380 e. The molecule has 0 bridgehead atoms. The molecule has 3 nitrogen and oxygen atoms in total. The third-order valence-electron chi connectivity index (χ3n) is 4.93. The Hall–Kier alpha value is -0.120. The molecule has 1 heterocycles. The van der Waals surface area contributed by atoms with Crippen molar-refractivity contribution in [2.45, 2.75) is 64.5 Å². The maximum absolute atomic E-state index is 5.48. The molecule has 3 atom stereocenters. The lowest BCUT2D eigenvalue weighted by Gasteiger charge is -2.42. The number of likely N-dealkylation sites (N-methyl/N-ethyl adjacent to an activating group) is 1. The second-order valence-corrected chi connectivity index (χ2v) is 6.18. The van der Waals surface area contributed by atoms with Crippen LogP contribution in [0.2, 0.25) is 0 Å². The molecule has 3 heteroatoms. The van der Waals surface area contributed by atoms with Gasteiger partial charge in [-0.3, -0.25) is 4.90 Å². The monoisotopic (exact) mass is 268 g/mol. The number of ether oxygens (including phenoxy) is 1. The van der Waals surface area contributed by atoms with Gasteiger partial charge >= 0.3 is 0 Å². The lowest BCUT2D eigenvalue weighted by molar-refractivity contribution is 0.0990. The van der Waals surface area contributed by atoms with Crippen LogP contribution in [0.4, 0.5) is 0 Å². The highest BCUT2D eigenvalue weighted by molar-refractivity contribution is 4.90. The Kier molecular flexibility index (Phi) is 6.62. The first-order valence-corrected chi connectivity index (χ1v) is 8.39. The minimum absolute atomic E-state index is 0.709. The van der Waals surface area contributed by atoms with Gasteiger partial charge in [-0.05, 0) is 45.1 Å². The van der Waals surface area contributed by atoms with Crippen LogP contribution in [0, 0.1) is 5.92 Å². The highest BCUT2D eigenvalue weighted by Crippen LogP contribution is 2.32. The van der Waals surface area contributed by atoms with E-state index in [1.54, 1.807) is 0 Å². The van der Waals surface area contributed by atoms with Crippen LogP contribution >= 0.6 is 0 Å². The molecule has 0 aromatic heterocycles. The van der Waals surface area contributed by atoms with Crippen molar-refractivity contribution in [1.29, 1.82) is 0 Å². The first kappa shape index (κ1) is 15.3. The summed E-state index contributed by atoms with van der Waals surface area (Å²) in [5, 5.41) is 3.93. The van der Waals surface area contributed by atoms with Crippen LogP contribution in [0.1, 0.15) is 52.4 Å². The summed E-state index contributed by atoms with van der Waals surface area (Å²) in [6.45, 7) is 9.47. The number of fused-ring (bicyclic) bond motifs is 1. The van der Waals surface area contributed by atoms with Gasteiger partial charge in [-0.1, -0.05) is 19.8 Å². The maximum atomic E-state index is 5.48. The van der Waals surface area contributed by atoms with Crippen LogP contribution in [0.5, 0.6) is 0 Å². The van der Waals surface area contributed by atoms with Gasteiger partial charge in [-0.25, -0.2) is 0 Å². The van der Waals surface area contributed by atoms with Crippen LogP contribution < -0.4 is 5.32 Å². The smallest absolute Gasteiger partial charge is 0.0593 e. The minimum atomic E-state index is 0.709. The van der Waals surface area contributed by atoms with Crippen LogP contribution in [0.15, 0.2) is 0 Å². The van der Waals surface area contributed by atoms with E-state index < -0.39 is 0 Å². The van der Waals surface area contributed by atoms with Crippen molar-refractivity contribution in [3.8, 4) is 0 Å². The number of nitrogens with zero attached hydrogens (tertiary/aromatic N) is 1. The quantitative estimate of drug-likeness (QED) is 0.718. The average molecular weight is 268 g/mol. The molecule has 2 rings (SSSR count). The third-order valence-corrected chi connectivity index (χ3v) is 4.93. The molecule has 2 fully saturated rings. The molecule has 112 valence electrons. The van der Waals surface area contributed by atoms with Gasteiger partial charge in [0.05, 0.1) is 6.61 Å². The van der Waals surface area contributed by atoms with Crippen molar-refractivity contribution in [3.05, 3.63) is 0 Å². The average Bonchev–Trinajstić information content (AvgIpc) is 2.46. The molecule has 0 aromatic carbocycles. The highest BCUT2D eigenvalue weighted by atomic mass is 16.5. The molecular weight excluding hydrogens is 236 g/mol. The van der Waals surface area contributed by atoms with Gasteiger partial charge in [0.25, 0.3) is 0 Å². The second kappa shape index (κ2) is 8.23. The van der Waals surface area contributed by atoms with E-state index in [1.165, 1.54) is 45.1 Å². The molecule has 1 saturated heterocycles. The van der Waals surface area contributed by atoms with Crippen molar-refractivity contribution in [3.63, 3.8) is 0 Å². The Labute approximate surface area is 119 Å². The number of piperidine rings is 1. The first-order valence-electron chi connectivity index (χ1n) is 8.39. The van der Waals surface area contributed by atoms with Gasteiger partial charge in [0.2, 0.25) is 0 Å². The highest BCUT2D eigenvalue weighted by Gasteiger charge is 2.31. The largest absolute Gasteiger partial charge is 0.380 e. The van der Waals surface area contributed by atoms with Gasteiger partial charge in [0, 0.05) is 31.8 Å². The van der Waals surface area contributed by atoms with Gasteiger partial charge < -0.3 is 10.1 Å². The van der Waals surface area contributed by atoms with Crippen molar-refractivity contribution >= 4 is 0 Å². The maximum Gasteiger partial charge on any atom is 0.0593 e. The van der Waals surface area contributed by atoms with Gasteiger partial charge in [0.1, 0.15) is 0 Å². The lowest BCUT2D eigenvalue weighted by atomic mass is 9.78. The summed E-state index contributed by atoms with van der Waals surface area (Å²) < 4.78 is 5.48. The molecule has 0 amide bonds. The van der Waals surface area contributed by atoms with Crippen molar-refractivity contribution in [2.75, 3.05) is 32.8 Å². The normalized spacial score (nSPS) is 31.4. The summed E-state index contributed by atoms with van der Waals surface area (Å²) in [5.41, 5.74) is 0. The summed E-state index contributed by atoms with van der Waals surface area (Å²) in [6, 6.07) is 1.53. The van der Waals surface area contributed by atoms with Gasteiger partial charge in [0.15, 0.2) is 0 Å². The van der Waals surface area contributed by atoms with Crippen LogP contribution in [0.25, 0.3) is 0 Å².